The number of hydrogen-bond donors (Lipinski definition) is 1. The lowest BCUT2D eigenvalue weighted by Gasteiger charge is -2.47. The van der Waals surface area contributed by atoms with Gasteiger partial charge >= 0.3 is 5.97 Å². The van der Waals surface area contributed by atoms with Crippen LogP contribution in [0.3, 0.4) is 0 Å². The fourth-order valence-electron chi connectivity index (χ4n) is 4.58. The third-order valence-electron chi connectivity index (χ3n) is 6.67. The molecule has 2 aromatic rings. The van der Waals surface area contributed by atoms with Gasteiger partial charge < -0.3 is 19.3 Å². The predicted octanol–water partition coefficient (Wildman–Crippen LogP) is 4.91. The fraction of sp³-hybridized carbons (Fsp3) is 0.464. The first-order valence-electron chi connectivity index (χ1n) is 12.9. The normalized spacial score (nSPS) is 17.0. The third kappa shape index (κ3) is 5.96. The summed E-state index contributed by atoms with van der Waals surface area (Å²) in [5.41, 5.74) is 0.203. The van der Waals surface area contributed by atoms with Crippen LogP contribution < -0.4 is 14.4 Å². The number of carbonyl (C=O) groups is 1. The molecule has 1 fully saturated rings. The van der Waals surface area contributed by atoms with Crippen LogP contribution in [0.5, 0.6) is 5.75 Å². The van der Waals surface area contributed by atoms with E-state index in [1.807, 2.05) is 19.9 Å². The Kier molecular flexibility index (Phi) is 8.04. The van der Waals surface area contributed by atoms with E-state index in [-0.39, 0.29) is 27.8 Å². The van der Waals surface area contributed by atoms with E-state index in [1.54, 1.807) is 39.0 Å². The molecule has 0 unspecified atom stereocenters. The summed E-state index contributed by atoms with van der Waals surface area (Å²) in [6.45, 7) is 12.8. The van der Waals surface area contributed by atoms with E-state index in [9.17, 15) is 17.6 Å². The Bertz CT molecular complexity index is 1330. The van der Waals surface area contributed by atoms with Crippen molar-refractivity contribution in [3.05, 3.63) is 53.4 Å². The van der Waals surface area contributed by atoms with Crippen molar-refractivity contribution in [1.29, 1.82) is 0 Å². The van der Waals surface area contributed by atoms with Gasteiger partial charge in [-0.25, -0.2) is 17.6 Å². The number of esters is 1. The molecule has 206 valence electrons. The van der Waals surface area contributed by atoms with Crippen LogP contribution in [0.15, 0.2) is 41.3 Å². The second kappa shape index (κ2) is 10.9. The molecule has 38 heavy (non-hydrogen) atoms. The molecular formula is C28H36FN3O5S. The zero-order chi connectivity index (χ0) is 27.7. The number of sulfonamides is 1. The van der Waals surface area contributed by atoms with Gasteiger partial charge in [-0.3, -0.25) is 4.72 Å². The SMILES string of the molecule is CCN(CC)CC=Cc1cc(F)ccc1S(=O)(=O)Nc1ccc2c(c1C(=O)OC(C)(C)C)OC[C@H]1CCN21. The molecule has 0 aromatic heterocycles. The Balaban J connectivity index is 1.72. The molecule has 1 N–H and O–H groups in total. The number of halogens is 1. The zero-order valence-corrected chi connectivity index (χ0v) is 23.4. The highest BCUT2D eigenvalue weighted by molar-refractivity contribution is 7.92. The molecule has 2 aromatic carbocycles. The Morgan fingerprint density at radius 3 is 2.61 bits per heavy atom. The first-order chi connectivity index (χ1) is 17.9. The fourth-order valence-corrected chi connectivity index (χ4v) is 5.83. The molecule has 10 heteroatoms. The summed E-state index contributed by atoms with van der Waals surface area (Å²) in [7, 11) is -4.22. The van der Waals surface area contributed by atoms with Gasteiger partial charge in [-0.2, -0.15) is 0 Å². The molecule has 0 aliphatic carbocycles. The molecular weight excluding hydrogens is 509 g/mol. The van der Waals surface area contributed by atoms with Crippen molar-refractivity contribution in [3.63, 3.8) is 0 Å². The first-order valence-corrected chi connectivity index (χ1v) is 14.4. The van der Waals surface area contributed by atoms with Crippen molar-refractivity contribution in [2.24, 2.45) is 0 Å². The van der Waals surface area contributed by atoms with E-state index < -0.39 is 27.4 Å². The van der Waals surface area contributed by atoms with E-state index in [0.717, 1.165) is 37.8 Å². The average Bonchev–Trinajstić information content (AvgIpc) is 2.80. The number of fused-ring (bicyclic) bond motifs is 3. The second-order valence-corrected chi connectivity index (χ2v) is 12.1. The Labute approximate surface area is 224 Å². The predicted molar refractivity (Wildman–Crippen MR) is 147 cm³/mol. The minimum Gasteiger partial charge on any atom is -0.488 e. The molecule has 1 atom stereocenters. The van der Waals surface area contributed by atoms with Crippen LogP contribution >= 0.6 is 0 Å². The van der Waals surface area contributed by atoms with Crippen molar-refractivity contribution < 1.29 is 27.1 Å². The number of anilines is 2. The molecule has 0 amide bonds. The summed E-state index contributed by atoms with van der Waals surface area (Å²) in [6, 6.07) is 7.05. The molecule has 2 aliphatic rings. The van der Waals surface area contributed by atoms with E-state index >= 15 is 0 Å². The Morgan fingerprint density at radius 2 is 1.97 bits per heavy atom. The van der Waals surface area contributed by atoms with Crippen molar-refractivity contribution in [2.75, 3.05) is 42.4 Å². The van der Waals surface area contributed by atoms with Crippen LogP contribution in [-0.2, 0) is 14.8 Å². The van der Waals surface area contributed by atoms with Gasteiger partial charge in [0, 0.05) is 13.1 Å². The van der Waals surface area contributed by atoms with Crippen LogP contribution in [0.25, 0.3) is 6.08 Å². The molecule has 8 nitrogen and oxygen atoms in total. The van der Waals surface area contributed by atoms with Crippen molar-refractivity contribution in [1.82, 2.24) is 4.90 Å². The molecule has 2 heterocycles. The van der Waals surface area contributed by atoms with E-state index in [1.165, 1.54) is 12.1 Å². The number of hydrogen-bond acceptors (Lipinski definition) is 7. The standard InChI is InChI=1S/C28H36FN3O5S/c1-6-31(7-2)15-8-9-19-17-20(29)10-13-24(19)38(34,35)30-22-11-12-23-26(36-18-21-14-16-32(21)23)25(22)27(33)37-28(3,4)5/h8-13,17,21,30H,6-7,14-16,18H2,1-5H3/t21-/m1/s1. The van der Waals surface area contributed by atoms with Crippen LogP contribution in [0, 0.1) is 5.82 Å². The minimum atomic E-state index is -4.22. The van der Waals surface area contributed by atoms with Gasteiger partial charge in [0.05, 0.1) is 22.3 Å². The van der Waals surface area contributed by atoms with Gasteiger partial charge in [-0.05, 0) is 76.2 Å². The summed E-state index contributed by atoms with van der Waals surface area (Å²) in [5.74, 6) is -0.939. The van der Waals surface area contributed by atoms with Gasteiger partial charge in [0.2, 0.25) is 0 Å². The number of nitrogens with one attached hydrogen (secondary N) is 1. The molecule has 1 saturated heterocycles. The molecule has 0 radical (unpaired) electrons. The molecule has 0 spiro atoms. The van der Waals surface area contributed by atoms with Crippen LogP contribution in [-0.4, -0.2) is 63.7 Å². The van der Waals surface area contributed by atoms with Crippen molar-refractivity contribution in [2.45, 2.75) is 57.6 Å². The molecule has 2 aliphatic heterocycles. The number of rotatable bonds is 9. The molecule has 0 saturated carbocycles. The Morgan fingerprint density at radius 1 is 1.24 bits per heavy atom. The summed E-state index contributed by atoms with van der Waals surface area (Å²) in [6.07, 6.45) is 4.40. The van der Waals surface area contributed by atoms with Gasteiger partial charge in [0.1, 0.15) is 23.6 Å². The number of benzene rings is 2. The second-order valence-electron chi connectivity index (χ2n) is 10.5. The van der Waals surface area contributed by atoms with E-state index in [2.05, 4.69) is 14.5 Å². The van der Waals surface area contributed by atoms with E-state index in [4.69, 9.17) is 9.47 Å². The quantitative estimate of drug-likeness (QED) is 0.448. The van der Waals surface area contributed by atoms with Gasteiger partial charge in [0.25, 0.3) is 10.0 Å². The molecule has 4 rings (SSSR count). The van der Waals surface area contributed by atoms with E-state index in [0.29, 0.717) is 18.9 Å². The number of ether oxygens (including phenoxy) is 2. The summed E-state index contributed by atoms with van der Waals surface area (Å²) in [4.78, 5) is 17.5. The maximum Gasteiger partial charge on any atom is 0.344 e. The average molecular weight is 546 g/mol. The number of carbonyl (C=O) groups excluding carboxylic acids is 1. The summed E-state index contributed by atoms with van der Waals surface area (Å²) >= 11 is 0. The highest BCUT2D eigenvalue weighted by atomic mass is 32.2. The summed E-state index contributed by atoms with van der Waals surface area (Å²) < 4.78 is 55.5. The number of likely N-dealkylation sites (N-methyl/N-ethyl adjacent to an activating group) is 1. The third-order valence-corrected chi connectivity index (χ3v) is 8.11. The monoisotopic (exact) mass is 545 g/mol. The highest BCUT2D eigenvalue weighted by Gasteiger charge is 2.39. The van der Waals surface area contributed by atoms with Crippen LogP contribution in [0.4, 0.5) is 15.8 Å². The topological polar surface area (TPSA) is 88.2 Å². The minimum absolute atomic E-state index is 0.0205. The maximum atomic E-state index is 14.1. The first kappa shape index (κ1) is 27.9. The van der Waals surface area contributed by atoms with Gasteiger partial charge in [0.15, 0.2) is 5.75 Å². The highest BCUT2D eigenvalue weighted by Crippen LogP contribution is 2.45. The van der Waals surface area contributed by atoms with Gasteiger partial charge in [-0.1, -0.05) is 26.0 Å². The van der Waals surface area contributed by atoms with Crippen molar-refractivity contribution in [3.8, 4) is 5.75 Å². The Hall–Kier alpha value is -3.11. The summed E-state index contributed by atoms with van der Waals surface area (Å²) in [5, 5.41) is 0. The van der Waals surface area contributed by atoms with Crippen molar-refractivity contribution >= 4 is 33.4 Å². The van der Waals surface area contributed by atoms with Crippen LogP contribution in [0.1, 0.15) is 57.0 Å². The lowest BCUT2D eigenvalue weighted by molar-refractivity contribution is 0.00660. The molecule has 0 bridgehead atoms. The zero-order valence-electron chi connectivity index (χ0n) is 22.6. The largest absolute Gasteiger partial charge is 0.488 e. The van der Waals surface area contributed by atoms with Gasteiger partial charge in [-0.15, -0.1) is 0 Å². The maximum absolute atomic E-state index is 14.1. The van der Waals surface area contributed by atoms with Crippen LogP contribution in [0.2, 0.25) is 0 Å². The lowest BCUT2D eigenvalue weighted by Crippen LogP contribution is -2.53. The smallest absolute Gasteiger partial charge is 0.344 e. The lowest BCUT2D eigenvalue weighted by atomic mass is 9.98. The number of nitrogens with zero attached hydrogens (tertiary/aromatic N) is 2.